The van der Waals surface area contributed by atoms with Crippen molar-refractivity contribution in [2.24, 2.45) is 0 Å². The Morgan fingerprint density at radius 2 is 1.58 bits per heavy atom. The molecule has 26 heavy (non-hydrogen) atoms. The van der Waals surface area contributed by atoms with Crippen LogP contribution in [0.25, 0.3) is 0 Å². The summed E-state index contributed by atoms with van der Waals surface area (Å²) in [6.45, 7) is 3.98. The Hall–Kier alpha value is -3.28. The predicted octanol–water partition coefficient (Wildman–Crippen LogP) is 4.97. The highest BCUT2D eigenvalue weighted by atomic mass is 19.2. The third kappa shape index (κ3) is 4.03. The number of hydrogen-bond donors (Lipinski definition) is 2. The maximum absolute atomic E-state index is 13.2. The summed E-state index contributed by atoms with van der Waals surface area (Å²) in [7, 11) is 0. The van der Waals surface area contributed by atoms with E-state index >= 15 is 0 Å². The highest BCUT2D eigenvalue weighted by molar-refractivity contribution is 6.03. The molecule has 6 heteroatoms. The van der Waals surface area contributed by atoms with Gasteiger partial charge in [0.25, 0.3) is 5.91 Å². The summed E-state index contributed by atoms with van der Waals surface area (Å²) < 4.78 is 26.2. The van der Waals surface area contributed by atoms with Gasteiger partial charge < -0.3 is 10.6 Å². The second-order valence-corrected chi connectivity index (χ2v) is 5.94. The van der Waals surface area contributed by atoms with Crippen molar-refractivity contribution in [3.8, 4) is 0 Å². The van der Waals surface area contributed by atoms with E-state index in [1.165, 1.54) is 12.3 Å². The van der Waals surface area contributed by atoms with Crippen LogP contribution in [0.15, 0.2) is 54.7 Å². The number of aryl methyl sites for hydroxylation is 2. The van der Waals surface area contributed by atoms with Crippen LogP contribution in [0.3, 0.4) is 0 Å². The molecular weight excluding hydrogens is 336 g/mol. The van der Waals surface area contributed by atoms with Crippen molar-refractivity contribution in [1.82, 2.24) is 4.98 Å². The van der Waals surface area contributed by atoms with Crippen molar-refractivity contribution < 1.29 is 13.6 Å². The molecule has 0 saturated carbocycles. The normalized spacial score (nSPS) is 10.5. The van der Waals surface area contributed by atoms with Gasteiger partial charge in [0.15, 0.2) is 11.6 Å². The van der Waals surface area contributed by atoms with E-state index in [0.29, 0.717) is 17.1 Å². The first-order chi connectivity index (χ1) is 12.4. The lowest BCUT2D eigenvalue weighted by atomic mass is 10.1. The third-order valence-electron chi connectivity index (χ3n) is 3.97. The summed E-state index contributed by atoms with van der Waals surface area (Å²) in [6, 6.07) is 12.4. The Kier molecular flexibility index (Phi) is 4.93. The lowest BCUT2D eigenvalue weighted by Gasteiger charge is -2.09. The minimum Gasteiger partial charge on any atom is -0.354 e. The number of carbonyl (C=O) groups excluding carboxylic acids is 1. The van der Waals surface area contributed by atoms with Crippen LogP contribution in [0.1, 0.15) is 21.6 Å². The molecule has 1 aromatic heterocycles. The minimum absolute atomic E-state index is 0.249. The molecule has 132 valence electrons. The Labute approximate surface area is 149 Å². The molecule has 0 aliphatic heterocycles. The lowest BCUT2D eigenvalue weighted by Crippen LogP contribution is -2.13. The number of nitrogens with one attached hydrogen (secondary N) is 2. The first-order valence-electron chi connectivity index (χ1n) is 7.99. The van der Waals surface area contributed by atoms with Crippen molar-refractivity contribution in [2.75, 3.05) is 10.6 Å². The van der Waals surface area contributed by atoms with E-state index in [1.54, 1.807) is 12.1 Å². The van der Waals surface area contributed by atoms with Crippen LogP contribution in [0.5, 0.6) is 0 Å². The highest BCUT2D eigenvalue weighted by Gasteiger charge is 2.09. The largest absolute Gasteiger partial charge is 0.354 e. The van der Waals surface area contributed by atoms with Gasteiger partial charge in [-0.25, -0.2) is 13.8 Å². The van der Waals surface area contributed by atoms with E-state index in [-0.39, 0.29) is 11.6 Å². The number of aromatic nitrogens is 1. The van der Waals surface area contributed by atoms with Gasteiger partial charge in [-0.3, -0.25) is 4.79 Å². The first-order valence-corrected chi connectivity index (χ1v) is 7.99. The number of carbonyl (C=O) groups is 1. The summed E-state index contributed by atoms with van der Waals surface area (Å²) in [5, 5.41) is 5.70. The van der Waals surface area contributed by atoms with Crippen LogP contribution >= 0.6 is 0 Å². The molecule has 1 heterocycles. The number of benzene rings is 2. The number of anilines is 3. The first kappa shape index (κ1) is 17.5. The molecule has 0 aliphatic rings. The van der Waals surface area contributed by atoms with E-state index in [0.717, 1.165) is 23.3 Å². The van der Waals surface area contributed by atoms with Gasteiger partial charge in [-0.2, -0.15) is 0 Å². The molecular formula is C20H17F2N3O. The number of amides is 1. The van der Waals surface area contributed by atoms with E-state index in [4.69, 9.17) is 0 Å². The number of nitrogens with zero attached hydrogens (tertiary/aromatic N) is 1. The molecule has 4 nitrogen and oxygen atoms in total. The van der Waals surface area contributed by atoms with E-state index < -0.39 is 11.6 Å². The Morgan fingerprint density at radius 3 is 2.23 bits per heavy atom. The number of halogens is 2. The van der Waals surface area contributed by atoms with Crippen molar-refractivity contribution in [2.45, 2.75) is 13.8 Å². The second-order valence-electron chi connectivity index (χ2n) is 5.94. The average molecular weight is 353 g/mol. The van der Waals surface area contributed by atoms with Crippen molar-refractivity contribution >= 4 is 23.0 Å². The van der Waals surface area contributed by atoms with Crippen LogP contribution in [0.2, 0.25) is 0 Å². The van der Waals surface area contributed by atoms with Gasteiger partial charge in [0.2, 0.25) is 0 Å². The molecule has 3 aromatic rings. The Balaban J connectivity index is 1.69. The summed E-state index contributed by atoms with van der Waals surface area (Å²) >= 11 is 0. The van der Waals surface area contributed by atoms with Crippen LogP contribution in [-0.2, 0) is 0 Å². The SMILES string of the molecule is Cc1ccc(NC(=O)c2ccc(Nc3ccc(F)c(F)c3)cn2)cc1C. The van der Waals surface area contributed by atoms with Crippen LogP contribution < -0.4 is 10.6 Å². The Morgan fingerprint density at radius 1 is 0.846 bits per heavy atom. The molecule has 0 aliphatic carbocycles. The van der Waals surface area contributed by atoms with Crippen LogP contribution in [0.4, 0.5) is 25.8 Å². The van der Waals surface area contributed by atoms with Crippen LogP contribution in [-0.4, -0.2) is 10.9 Å². The van der Waals surface area contributed by atoms with E-state index in [1.807, 2.05) is 32.0 Å². The molecule has 0 unspecified atom stereocenters. The zero-order valence-corrected chi connectivity index (χ0v) is 14.3. The standard InChI is InChI=1S/C20H17F2N3O/c1-12-3-4-14(9-13(12)2)25-20(26)19-8-6-16(11-23-19)24-15-5-7-17(21)18(22)10-15/h3-11,24H,1-2H3,(H,25,26). The number of rotatable bonds is 4. The maximum Gasteiger partial charge on any atom is 0.274 e. The summed E-state index contributed by atoms with van der Waals surface area (Å²) in [6.07, 6.45) is 1.45. The number of hydrogen-bond acceptors (Lipinski definition) is 3. The minimum atomic E-state index is -0.938. The summed E-state index contributed by atoms with van der Waals surface area (Å²) in [5.41, 5.74) is 4.12. The quantitative estimate of drug-likeness (QED) is 0.696. The lowest BCUT2D eigenvalue weighted by molar-refractivity contribution is 0.102. The summed E-state index contributed by atoms with van der Waals surface area (Å²) in [5.74, 6) is -2.17. The predicted molar refractivity (Wildman–Crippen MR) is 97.7 cm³/mol. The van der Waals surface area contributed by atoms with Gasteiger partial charge in [0.1, 0.15) is 5.69 Å². The van der Waals surface area contributed by atoms with Crippen molar-refractivity contribution in [3.63, 3.8) is 0 Å². The zero-order valence-electron chi connectivity index (χ0n) is 14.3. The second kappa shape index (κ2) is 7.31. The monoisotopic (exact) mass is 353 g/mol. The fraction of sp³-hybridized carbons (Fsp3) is 0.100. The molecule has 0 bridgehead atoms. The molecule has 0 spiro atoms. The average Bonchev–Trinajstić information content (AvgIpc) is 2.62. The molecule has 0 atom stereocenters. The van der Waals surface area contributed by atoms with Gasteiger partial charge in [-0.05, 0) is 61.4 Å². The fourth-order valence-corrected chi connectivity index (χ4v) is 2.36. The van der Waals surface area contributed by atoms with E-state index in [2.05, 4.69) is 15.6 Å². The molecule has 0 saturated heterocycles. The topological polar surface area (TPSA) is 54.0 Å². The molecule has 2 N–H and O–H groups in total. The molecule has 2 aromatic carbocycles. The van der Waals surface area contributed by atoms with Gasteiger partial charge in [-0.1, -0.05) is 6.07 Å². The molecule has 0 fully saturated rings. The fourth-order valence-electron chi connectivity index (χ4n) is 2.36. The van der Waals surface area contributed by atoms with Crippen molar-refractivity contribution in [1.29, 1.82) is 0 Å². The number of pyridine rings is 1. The zero-order chi connectivity index (χ0) is 18.7. The third-order valence-corrected chi connectivity index (χ3v) is 3.97. The van der Waals surface area contributed by atoms with Gasteiger partial charge >= 0.3 is 0 Å². The van der Waals surface area contributed by atoms with Crippen LogP contribution in [0, 0.1) is 25.5 Å². The Bertz CT molecular complexity index is 956. The van der Waals surface area contributed by atoms with Gasteiger partial charge in [-0.15, -0.1) is 0 Å². The molecule has 1 amide bonds. The van der Waals surface area contributed by atoms with Gasteiger partial charge in [0, 0.05) is 17.4 Å². The van der Waals surface area contributed by atoms with E-state index in [9.17, 15) is 13.6 Å². The van der Waals surface area contributed by atoms with Gasteiger partial charge in [0.05, 0.1) is 11.9 Å². The molecule has 3 rings (SSSR count). The maximum atomic E-state index is 13.2. The van der Waals surface area contributed by atoms with Crippen molar-refractivity contribution in [3.05, 3.63) is 83.2 Å². The highest BCUT2D eigenvalue weighted by Crippen LogP contribution is 2.19. The molecule has 0 radical (unpaired) electrons. The smallest absolute Gasteiger partial charge is 0.274 e. The summed E-state index contributed by atoms with van der Waals surface area (Å²) in [4.78, 5) is 16.4.